The summed E-state index contributed by atoms with van der Waals surface area (Å²) in [6.07, 6.45) is 0.813. The first kappa shape index (κ1) is 13.1. The van der Waals surface area contributed by atoms with Crippen molar-refractivity contribution < 1.29 is 24.2 Å². The Kier molecular flexibility index (Phi) is 3.79. The number of carboxylic acid groups (broad SMARTS) is 1. The van der Waals surface area contributed by atoms with E-state index in [2.05, 4.69) is 5.32 Å². The zero-order chi connectivity index (χ0) is 13.8. The molecule has 19 heavy (non-hydrogen) atoms. The minimum absolute atomic E-state index is 0.248. The molecule has 100 valence electrons. The highest BCUT2D eigenvalue weighted by molar-refractivity contribution is 6.00. The summed E-state index contributed by atoms with van der Waals surface area (Å²) < 4.78 is 5.00. The van der Waals surface area contributed by atoms with Crippen LogP contribution in [0.25, 0.3) is 0 Å². The number of carboxylic acids is 1. The number of benzene rings is 1. The minimum atomic E-state index is -1.05. The average Bonchev–Trinajstić information content (AvgIpc) is 2.37. The van der Waals surface area contributed by atoms with E-state index in [0.717, 1.165) is 5.56 Å². The molecular weight excluding hydrogens is 250 g/mol. The molecule has 6 heteroatoms. The third-order valence-electron chi connectivity index (χ3n) is 2.88. The minimum Gasteiger partial charge on any atom is -0.482 e. The molecular formula is C13H13NO5. The third-order valence-corrected chi connectivity index (χ3v) is 2.88. The highest BCUT2D eigenvalue weighted by Crippen LogP contribution is 2.26. The first-order valence-electron chi connectivity index (χ1n) is 5.84. The first-order valence-corrected chi connectivity index (χ1v) is 5.84. The quantitative estimate of drug-likeness (QED) is 0.779. The lowest BCUT2D eigenvalue weighted by Gasteiger charge is -2.21. The Bertz CT molecular complexity index is 508. The molecule has 1 aromatic carbocycles. The standard InChI is InChI=1S/C13H13NO5/c15-11-6-5-10(13(18)14-11)8-1-3-9(4-2-8)19-7-12(16)17/h1-4,10H,5-7H2,(H,16,17)(H,14,15,18). The maximum absolute atomic E-state index is 11.7. The number of nitrogens with one attached hydrogen (secondary N) is 1. The molecule has 2 rings (SSSR count). The Labute approximate surface area is 109 Å². The molecule has 2 N–H and O–H groups in total. The summed E-state index contributed by atoms with van der Waals surface area (Å²) in [5.41, 5.74) is 0.785. The van der Waals surface area contributed by atoms with Gasteiger partial charge in [-0.25, -0.2) is 4.79 Å². The van der Waals surface area contributed by atoms with Crippen molar-refractivity contribution in [1.29, 1.82) is 0 Å². The van der Waals surface area contributed by atoms with Gasteiger partial charge in [0.05, 0.1) is 5.92 Å². The molecule has 0 spiro atoms. The van der Waals surface area contributed by atoms with Gasteiger partial charge >= 0.3 is 5.97 Å². The second kappa shape index (κ2) is 5.51. The van der Waals surface area contributed by atoms with Gasteiger partial charge in [-0.3, -0.25) is 14.9 Å². The molecule has 0 aromatic heterocycles. The van der Waals surface area contributed by atoms with Crippen LogP contribution in [0.4, 0.5) is 0 Å². The monoisotopic (exact) mass is 263 g/mol. The van der Waals surface area contributed by atoms with Crippen molar-refractivity contribution in [3.63, 3.8) is 0 Å². The fourth-order valence-electron chi connectivity index (χ4n) is 1.95. The summed E-state index contributed by atoms with van der Waals surface area (Å²) in [5.74, 6) is -1.50. The number of hydrogen-bond acceptors (Lipinski definition) is 4. The van der Waals surface area contributed by atoms with Crippen molar-refractivity contribution in [2.45, 2.75) is 18.8 Å². The number of carbonyl (C=O) groups excluding carboxylic acids is 2. The number of ether oxygens (including phenoxy) is 1. The van der Waals surface area contributed by atoms with Crippen LogP contribution < -0.4 is 10.1 Å². The highest BCUT2D eigenvalue weighted by Gasteiger charge is 2.27. The maximum atomic E-state index is 11.7. The Morgan fingerprint density at radius 2 is 2.00 bits per heavy atom. The fourth-order valence-corrected chi connectivity index (χ4v) is 1.95. The lowest BCUT2D eigenvalue weighted by molar-refractivity contribution is -0.139. The van der Waals surface area contributed by atoms with E-state index in [-0.39, 0.29) is 17.7 Å². The SMILES string of the molecule is O=C(O)COc1ccc(C2CCC(=O)NC2=O)cc1. The van der Waals surface area contributed by atoms with E-state index in [9.17, 15) is 14.4 Å². The predicted molar refractivity (Wildman–Crippen MR) is 64.7 cm³/mol. The van der Waals surface area contributed by atoms with Crippen molar-refractivity contribution >= 4 is 17.8 Å². The van der Waals surface area contributed by atoms with Crippen LogP contribution in [0.3, 0.4) is 0 Å². The normalized spacial score (nSPS) is 18.8. The Morgan fingerprint density at radius 3 is 2.58 bits per heavy atom. The number of rotatable bonds is 4. The number of hydrogen-bond donors (Lipinski definition) is 2. The van der Waals surface area contributed by atoms with Crippen LogP contribution >= 0.6 is 0 Å². The lowest BCUT2D eigenvalue weighted by Crippen LogP contribution is -2.39. The molecule has 0 saturated carbocycles. The first-order chi connectivity index (χ1) is 9.06. The van der Waals surface area contributed by atoms with Gasteiger partial charge in [-0.05, 0) is 24.1 Å². The van der Waals surface area contributed by atoms with Crippen molar-refractivity contribution in [3.05, 3.63) is 29.8 Å². The molecule has 6 nitrogen and oxygen atoms in total. The summed E-state index contributed by atoms with van der Waals surface area (Å²) in [5, 5.41) is 10.8. The largest absolute Gasteiger partial charge is 0.482 e. The van der Waals surface area contributed by atoms with Crippen LogP contribution in [-0.4, -0.2) is 29.5 Å². The zero-order valence-corrected chi connectivity index (χ0v) is 10.1. The fraction of sp³-hybridized carbons (Fsp3) is 0.308. The highest BCUT2D eigenvalue weighted by atomic mass is 16.5. The second-order valence-electron chi connectivity index (χ2n) is 4.26. The van der Waals surface area contributed by atoms with Crippen LogP contribution in [0, 0.1) is 0 Å². The van der Waals surface area contributed by atoms with Gasteiger partial charge in [-0.15, -0.1) is 0 Å². The third kappa shape index (κ3) is 3.31. The molecule has 1 atom stereocenters. The van der Waals surface area contributed by atoms with E-state index in [4.69, 9.17) is 9.84 Å². The number of aliphatic carboxylic acids is 1. The molecule has 1 fully saturated rings. The molecule has 1 aromatic rings. The van der Waals surface area contributed by atoms with Crippen LogP contribution in [0.2, 0.25) is 0 Å². The lowest BCUT2D eigenvalue weighted by atomic mass is 9.90. The van der Waals surface area contributed by atoms with Crippen molar-refractivity contribution in [2.75, 3.05) is 6.61 Å². The number of carbonyl (C=O) groups is 3. The van der Waals surface area contributed by atoms with Crippen LogP contribution in [0.15, 0.2) is 24.3 Å². The number of piperidine rings is 1. The molecule has 1 saturated heterocycles. The topological polar surface area (TPSA) is 92.7 Å². The summed E-state index contributed by atoms with van der Waals surface area (Å²) in [6.45, 7) is -0.405. The molecule has 0 aliphatic carbocycles. The smallest absolute Gasteiger partial charge is 0.341 e. The molecule has 0 radical (unpaired) electrons. The van der Waals surface area contributed by atoms with E-state index in [1.807, 2.05) is 0 Å². The van der Waals surface area contributed by atoms with Crippen molar-refractivity contribution in [1.82, 2.24) is 5.32 Å². The number of imide groups is 1. The molecule has 1 aliphatic heterocycles. The maximum Gasteiger partial charge on any atom is 0.341 e. The Balaban J connectivity index is 2.03. The van der Waals surface area contributed by atoms with Gasteiger partial charge in [-0.2, -0.15) is 0 Å². The van der Waals surface area contributed by atoms with Gasteiger partial charge in [0.1, 0.15) is 5.75 Å². The Hall–Kier alpha value is -2.37. The van der Waals surface area contributed by atoms with Gasteiger partial charge in [0, 0.05) is 6.42 Å². The summed E-state index contributed by atoms with van der Waals surface area (Å²) in [4.78, 5) is 33.1. The van der Waals surface area contributed by atoms with E-state index >= 15 is 0 Å². The molecule has 1 unspecified atom stereocenters. The van der Waals surface area contributed by atoms with Crippen LogP contribution in [0.1, 0.15) is 24.3 Å². The predicted octanol–water partition coefficient (Wildman–Crippen LogP) is 0.670. The molecule has 0 bridgehead atoms. The van der Waals surface area contributed by atoms with Gasteiger partial charge in [-0.1, -0.05) is 12.1 Å². The zero-order valence-electron chi connectivity index (χ0n) is 10.1. The van der Waals surface area contributed by atoms with E-state index in [0.29, 0.717) is 18.6 Å². The van der Waals surface area contributed by atoms with Crippen molar-refractivity contribution in [3.8, 4) is 5.75 Å². The van der Waals surface area contributed by atoms with Gasteiger partial charge in [0.25, 0.3) is 0 Å². The molecule has 2 amide bonds. The molecule has 1 aliphatic rings. The van der Waals surface area contributed by atoms with Crippen LogP contribution in [0.5, 0.6) is 5.75 Å². The van der Waals surface area contributed by atoms with E-state index in [1.165, 1.54) is 0 Å². The van der Waals surface area contributed by atoms with Gasteiger partial charge in [0.2, 0.25) is 11.8 Å². The number of amides is 2. The van der Waals surface area contributed by atoms with E-state index < -0.39 is 12.6 Å². The summed E-state index contributed by atoms with van der Waals surface area (Å²) in [6, 6.07) is 6.64. The van der Waals surface area contributed by atoms with Crippen LogP contribution in [-0.2, 0) is 14.4 Å². The van der Waals surface area contributed by atoms with Gasteiger partial charge < -0.3 is 9.84 Å². The summed E-state index contributed by atoms with van der Waals surface area (Å²) >= 11 is 0. The average molecular weight is 263 g/mol. The van der Waals surface area contributed by atoms with Gasteiger partial charge in [0.15, 0.2) is 6.61 Å². The van der Waals surface area contributed by atoms with Crippen molar-refractivity contribution in [2.24, 2.45) is 0 Å². The second-order valence-corrected chi connectivity index (χ2v) is 4.26. The Morgan fingerprint density at radius 1 is 1.32 bits per heavy atom. The van der Waals surface area contributed by atoms with E-state index in [1.54, 1.807) is 24.3 Å². The molecule has 1 heterocycles. The summed E-state index contributed by atoms with van der Waals surface area (Å²) in [7, 11) is 0.